The first-order chi connectivity index (χ1) is 30.1. The number of furan rings is 1. The van der Waals surface area contributed by atoms with Crippen molar-refractivity contribution in [1.82, 2.24) is 15.0 Å². The van der Waals surface area contributed by atoms with E-state index in [0.29, 0.717) is 28.6 Å². The van der Waals surface area contributed by atoms with Crippen LogP contribution >= 0.6 is 0 Å². The summed E-state index contributed by atoms with van der Waals surface area (Å²) < 4.78 is 67.6. The van der Waals surface area contributed by atoms with E-state index < -0.39 is 18.1 Å². The number of hydrogen-bond donors (Lipinski definition) is 0. The first kappa shape index (κ1) is 25.5. The van der Waals surface area contributed by atoms with Gasteiger partial charge in [-0.3, -0.25) is 0 Å². The second-order valence-electron chi connectivity index (χ2n) is 13.1. The van der Waals surface area contributed by atoms with Crippen LogP contribution in [0.1, 0.15) is 9.60 Å². The van der Waals surface area contributed by atoms with Gasteiger partial charge in [0.15, 0.2) is 17.5 Å². The molecule has 0 bridgehead atoms. The van der Waals surface area contributed by atoms with Crippen LogP contribution in [-0.2, 0) is 0 Å². The Kier molecular flexibility index (Phi) is 6.43. The highest BCUT2D eigenvalue weighted by molar-refractivity contribution is 6.06. The van der Waals surface area contributed by atoms with Crippen LogP contribution in [0.25, 0.3) is 101 Å². The molecule has 2 aromatic heterocycles. The minimum atomic E-state index is -0.485. The summed E-state index contributed by atoms with van der Waals surface area (Å²) in [5.41, 5.74) is 8.08. The largest absolute Gasteiger partial charge is 0.456 e. The van der Waals surface area contributed by atoms with E-state index in [1.165, 1.54) is 0 Å². The molecule has 4 nitrogen and oxygen atoms in total. The molecule has 0 unspecified atom stereocenters. The Morgan fingerprint density at radius 3 is 1.47 bits per heavy atom. The van der Waals surface area contributed by atoms with Crippen LogP contribution in [0.15, 0.2) is 204 Å². The lowest BCUT2D eigenvalue weighted by molar-refractivity contribution is 0.669. The molecule has 10 rings (SSSR count). The number of benzene rings is 8. The molecule has 10 aromatic rings. The maximum atomic E-state index is 9.56. The van der Waals surface area contributed by atoms with Crippen molar-refractivity contribution in [3.05, 3.63) is 200 Å². The van der Waals surface area contributed by atoms with Crippen LogP contribution in [0.2, 0.25) is 0 Å². The van der Waals surface area contributed by atoms with Crippen LogP contribution in [0.4, 0.5) is 0 Å². The Hall–Kier alpha value is -7.43. The van der Waals surface area contributed by atoms with E-state index in [4.69, 9.17) is 26.2 Å². The maximum Gasteiger partial charge on any atom is 0.164 e. The molecule has 0 atom stereocenters. The van der Waals surface area contributed by atoms with E-state index in [1.54, 1.807) is 6.07 Å². The van der Waals surface area contributed by atoms with E-state index in [1.807, 2.05) is 121 Å². The highest BCUT2D eigenvalue weighted by atomic mass is 16.3. The van der Waals surface area contributed by atoms with E-state index >= 15 is 0 Å². The third kappa shape index (κ3) is 6.36. The molecule has 0 saturated carbocycles. The molecule has 258 valence electrons. The highest BCUT2D eigenvalue weighted by Gasteiger charge is 2.17. The van der Waals surface area contributed by atoms with Crippen molar-refractivity contribution in [2.45, 2.75) is 0 Å². The first-order valence-electron chi connectivity index (χ1n) is 21.4. The lowest BCUT2D eigenvalue weighted by atomic mass is 9.95. The summed E-state index contributed by atoms with van der Waals surface area (Å²) in [5, 5.41) is 0.0320. The number of rotatable bonds is 7. The molecule has 2 heterocycles. The first-order valence-corrected chi connectivity index (χ1v) is 17.9. The van der Waals surface area contributed by atoms with E-state index in [9.17, 15) is 2.74 Å². The molecule has 0 aliphatic rings. The summed E-state index contributed by atoms with van der Waals surface area (Å²) in [5.74, 6) is 1.23. The van der Waals surface area contributed by atoms with Crippen molar-refractivity contribution < 1.29 is 14.0 Å². The molecule has 55 heavy (non-hydrogen) atoms. The molecule has 0 aliphatic carbocycles. The van der Waals surface area contributed by atoms with E-state index in [2.05, 4.69) is 30.3 Å². The highest BCUT2D eigenvalue weighted by Crippen LogP contribution is 2.37. The van der Waals surface area contributed by atoms with Crippen molar-refractivity contribution in [1.29, 1.82) is 0 Å². The predicted octanol–water partition coefficient (Wildman–Crippen LogP) is 13.4. The Morgan fingerprint density at radius 1 is 0.327 bits per heavy atom. The van der Waals surface area contributed by atoms with Gasteiger partial charge in [0.05, 0.1) is 9.60 Å². The van der Waals surface area contributed by atoms with Crippen molar-refractivity contribution in [2.24, 2.45) is 0 Å². The third-order valence-corrected chi connectivity index (χ3v) is 9.59. The summed E-state index contributed by atoms with van der Waals surface area (Å²) >= 11 is 0. The normalized spacial score (nSPS) is 13.1. The second-order valence-corrected chi connectivity index (χ2v) is 13.1. The van der Waals surface area contributed by atoms with Gasteiger partial charge in [0.1, 0.15) is 11.2 Å². The summed E-state index contributed by atoms with van der Waals surface area (Å²) in [6.45, 7) is 0. The molecule has 4 heteroatoms. The monoisotopic (exact) mass is 710 g/mol. The minimum absolute atomic E-state index is 0.00652. The van der Waals surface area contributed by atoms with Gasteiger partial charge in [0, 0.05) is 27.5 Å². The Balaban J connectivity index is 1.21. The molecule has 8 aromatic carbocycles. The molecule has 0 amide bonds. The fraction of sp³-hybridized carbons (Fsp3) is 0. The van der Waals surface area contributed by atoms with Gasteiger partial charge < -0.3 is 4.42 Å². The zero-order valence-corrected chi connectivity index (χ0v) is 29.3. The Bertz CT molecular complexity index is 3360. The van der Waals surface area contributed by atoms with Gasteiger partial charge in [-0.05, 0) is 86.9 Å². The van der Waals surface area contributed by atoms with Gasteiger partial charge in [-0.2, -0.15) is 0 Å². The number of fused-ring (bicyclic) bond motifs is 3. The van der Waals surface area contributed by atoms with Crippen LogP contribution in [-0.4, -0.2) is 15.0 Å². The smallest absolute Gasteiger partial charge is 0.164 e. The van der Waals surface area contributed by atoms with Crippen LogP contribution in [0.5, 0.6) is 0 Å². The summed E-state index contributed by atoms with van der Waals surface area (Å²) in [4.78, 5) is 15.2. The fourth-order valence-corrected chi connectivity index (χ4v) is 6.82. The number of nitrogens with zero attached hydrogens (tertiary/aromatic N) is 3. The van der Waals surface area contributed by atoms with Crippen LogP contribution in [0, 0.1) is 0 Å². The quantitative estimate of drug-likeness (QED) is 0.165. The lowest BCUT2D eigenvalue weighted by Crippen LogP contribution is -2.01. The van der Waals surface area contributed by atoms with Gasteiger partial charge >= 0.3 is 0 Å². The molecule has 0 saturated heterocycles. The number of aromatic nitrogens is 3. The molecule has 0 aliphatic heterocycles. The third-order valence-electron chi connectivity index (χ3n) is 9.59. The molecular formula is C51H33N3O. The Morgan fingerprint density at radius 2 is 0.782 bits per heavy atom. The van der Waals surface area contributed by atoms with Crippen molar-refractivity contribution in [3.63, 3.8) is 0 Å². The zero-order chi connectivity index (χ0) is 42.6. The number of para-hydroxylation sites is 1. The minimum Gasteiger partial charge on any atom is -0.456 e. The topological polar surface area (TPSA) is 51.8 Å². The van der Waals surface area contributed by atoms with Crippen LogP contribution in [0.3, 0.4) is 0 Å². The molecular weight excluding hydrogens is 671 g/mol. The van der Waals surface area contributed by atoms with Crippen molar-refractivity contribution in [3.8, 4) is 78.7 Å². The predicted molar refractivity (Wildman–Crippen MR) is 225 cm³/mol. The maximum absolute atomic E-state index is 9.56. The molecule has 0 radical (unpaired) electrons. The fourth-order valence-electron chi connectivity index (χ4n) is 6.82. The summed E-state index contributed by atoms with van der Waals surface area (Å²) in [7, 11) is 0. The average molecular weight is 711 g/mol. The standard InChI is InChI=1S/C51H33N3O/c1-4-13-34(14-5-1)37-23-25-38(26-24-37)49-52-50(41-20-12-19-39(29-41)35-15-6-2-7-16-35)54-51(53-49)44-31-42(36-17-8-3-9-18-36)30-43(32-44)40-27-28-48-46(33-40)45-21-10-11-22-47(45)55-48/h1-33H/i10D,11D,21D,22D,27D,28D,33D. The molecule has 0 fully saturated rings. The van der Waals surface area contributed by atoms with Gasteiger partial charge in [-0.1, -0.05) is 158 Å². The van der Waals surface area contributed by atoms with Crippen LogP contribution < -0.4 is 0 Å². The molecule has 0 spiro atoms. The Labute approximate surface area is 328 Å². The van der Waals surface area contributed by atoms with Crippen molar-refractivity contribution >= 4 is 21.9 Å². The lowest BCUT2D eigenvalue weighted by Gasteiger charge is -2.13. The van der Waals surface area contributed by atoms with Gasteiger partial charge in [-0.25, -0.2) is 15.0 Å². The summed E-state index contributed by atoms with van der Waals surface area (Å²) in [6, 6.07) is 49.0. The molecule has 0 N–H and O–H groups in total. The second kappa shape index (κ2) is 13.8. The van der Waals surface area contributed by atoms with E-state index in [0.717, 1.165) is 44.5 Å². The zero-order valence-electron chi connectivity index (χ0n) is 36.3. The van der Waals surface area contributed by atoms with E-state index in [-0.39, 0.29) is 51.7 Å². The van der Waals surface area contributed by atoms with Gasteiger partial charge in [0.25, 0.3) is 0 Å². The van der Waals surface area contributed by atoms with Gasteiger partial charge in [-0.15, -0.1) is 0 Å². The average Bonchev–Trinajstić information content (AvgIpc) is 3.74. The summed E-state index contributed by atoms with van der Waals surface area (Å²) in [6.07, 6.45) is 0. The van der Waals surface area contributed by atoms with Crippen molar-refractivity contribution in [2.75, 3.05) is 0 Å². The number of hydrogen-bond acceptors (Lipinski definition) is 4. The van der Waals surface area contributed by atoms with Gasteiger partial charge in [0.2, 0.25) is 0 Å². The SMILES string of the molecule is [2H]c1c([2H])c([2H])c2c(oc3c([2H])c([2H])c(-c4cc(-c5ccccc5)cc(-c5nc(-c6ccc(-c7ccccc7)cc6)nc(-c6cccc(-c7ccccc7)c6)n5)c4)c([2H])c32)c1[2H].